The van der Waals surface area contributed by atoms with Crippen molar-refractivity contribution in [2.45, 2.75) is 12.6 Å². The average Bonchev–Trinajstić information content (AvgIpc) is 2.38. The monoisotopic (exact) mass is 301 g/mol. The Labute approximate surface area is 109 Å². The maximum absolute atomic E-state index is 9.39. The van der Waals surface area contributed by atoms with Crippen LogP contribution < -0.4 is 4.90 Å². The topological polar surface area (TPSA) is 52.9 Å². The lowest BCUT2D eigenvalue weighted by atomic mass is 10.1. The van der Waals surface area contributed by atoms with E-state index in [0.29, 0.717) is 13.2 Å². The molecule has 0 saturated carbocycles. The summed E-state index contributed by atoms with van der Waals surface area (Å²) in [4.78, 5) is 2.10. The Bertz CT molecular complexity index is 386. The third-order valence-corrected chi connectivity index (χ3v) is 3.45. The molecule has 0 radical (unpaired) electrons. The third-order valence-electron chi connectivity index (χ3n) is 2.96. The first-order chi connectivity index (χ1) is 8.26. The number of hydrogen-bond acceptors (Lipinski definition) is 4. The van der Waals surface area contributed by atoms with Crippen LogP contribution in [0.4, 0.5) is 5.69 Å². The van der Waals surface area contributed by atoms with E-state index in [9.17, 15) is 10.2 Å². The van der Waals surface area contributed by atoms with Crippen molar-refractivity contribution in [3.8, 4) is 0 Å². The molecule has 1 unspecified atom stereocenters. The fraction of sp³-hybridized carbons (Fsp3) is 0.500. The molecule has 1 aliphatic heterocycles. The number of aliphatic hydroxyl groups excluding tert-OH is 2. The quantitative estimate of drug-likeness (QED) is 0.879. The first-order valence-corrected chi connectivity index (χ1v) is 6.40. The Kier molecular flexibility index (Phi) is 4.39. The van der Waals surface area contributed by atoms with Crippen molar-refractivity contribution in [3.63, 3.8) is 0 Å². The predicted octanol–water partition coefficient (Wildman–Crippen LogP) is 1.14. The maximum Gasteiger partial charge on any atom is 0.0755 e. The Hall–Kier alpha value is -0.620. The summed E-state index contributed by atoms with van der Waals surface area (Å²) in [7, 11) is 0. The predicted molar refractivity (Wildman–Crippen MR) is 69.1 cm³/mol. The highest BCUT2D eigenvalue weighted by Gasteiger charge is 2.24. The van der Waals surface area contributed by atoms with Crippen LogP contribution in [0.5, 0.6) is 0 Å². The molecule has 94 valence electrons. The molecule has 1 atom stereocenters. The highest BCUT2D eigenvalue weighted by molar-refractivity contribution is 9.10. The minimum absolute atomic E-state index is 0.00964. The van der Waals surface area contributed by atoms with Crippen molar-refractivity contribution >= 4 is 21.6 Å². The molecule has 1 fully saturated rings. The lowest BCUT2D eigenvalue weighted by Crippen LogP contribution is -2.48. The molecule has 0 aromatic heterocycles. The van der Waals surface area contributed by atoms with Crippen LogP contribution in [0.2, 0.25) is 0 Å². The summed E-state index contributed by atoms with van der Waals surface area (Å²) in [6.45, 7) is 1.96. The smallest absolute Gasteiger partial charge is 0.0755 e. The molecule has 1 saturated heterocycles. The van der Waals surface area contributed by atoms with Crippen LogP contribution in [0.25, 0.3) is 0 Å². The second-order valence-electron chi connectivity index (χ2n) is 4.04. The van der Waals surface area contributed by atoms with E-state index in [-0.39, 0.29) is 19.3 Å². The molecule has 1 heterocycles. The molecular formula is C12H16BrNO3. The van der Waals surface area contributed by atoms with Gasteiger partial charge in [0.25, 0.3) is 0 Å². The van der Waals surface area contributed by atoms with Crippen molar-refractivity contribution in [1.82, 2.24) is 0 Å². The van der Waals surface area contributed by atoms with Gasteiger partial charge in [0.05, 0.1) is 32.5 Å². The van der Waals surface area contributed by atoms with Crippen LogP contribution in [0, 0.1) is 0 Å². The van der Waals surface area contributed by atoms with Crippen LogP contribution in [0.15, 0.2) is 22.7 Å². The molecule has 0 spiro atoms. The van der Waals surface area contributed by atoms with Crippen LogP contribution in [-0.2, 0) is 11.3 Å². The van der Waals surface area contributed by atoms with Crippen molar-refractivity contribution in [1.29, 1.82) is 0 Å². The molecule has 1 aliphatic rings. The number of rotatable bonds is 3. The van der Waals surface area contributed by atoms with Gasteiger partial charge in [0.2, 0.25) is 0 Å². The molecule has 2 rings (SSSR count). The van der Waals surface area contributed by atoms with E-state index in [0.717, 1.165) is 22.3 Å². The van der Waals surface area contributed by atoms with Gasteiger partial charge in [-0.3, -0.25) is 0 Å². The molecule has 0 bridgehead atoms. The molecular weight excluding hydrogens is 286 g/mol. The van der Waals surface area contributed by atoms with Gasteiger partial charge in [-0.1, -0.05) is 15.9 Å². The molecule has 1 aromatic rings. The average molecular weight is 302 g/mol. The van der Waals surface area contributed by atoms with Gasteiger partial charge in [0, 0.05) is 22.3 Å². The molecule has 0 aliphatic carbocycles. The number of benzene rings is 1. The van der Waals surface area contributed by atoms with Crippen molar-refractivity contribution in [3.05, 3.63) is 28.2 Å². The zero-order valence-corrected chi connectivity index (χ0v) is 11.1. The van der Waals surface area contributed by atoms with Crippen LogP contribution in [-0.4, -0.2) is 42.6 Å². The fourth-order valence-corrected chi connectivity index (χ4v) is 2.49. The standard InChI is InChI=1S/C12H16BrNO3/c13-10-1-2-12(9(5-10)6-15)14-3-4-17-8-11(14)7-16/h1-2,5,11,15-16H,3-4,6-8H2. The Morgan fingerprint density at radius 3 is 2.94 bits per heavy atom. The second kappa shape index (κ2) is 5.82. The normalized spacial score (nSPS) is 20.6. The third kappa shape index (κ3) is 2.80. The zero-order valence-electron chi connectivity index (χ0n) is 9.47. The summed E-state index contributed by atoms with van der Waals surface area (Å²) < 4.78 is 6.29. The van der Waals surface area contributed by atoms with Gasteiger partial charge in [-0.25, -0.2) is 0 Å². The Morgan fingerprint density at radius 1 is 1.41 bits per heavy atom. The van der Waals surface area contributed by atoms with Gasteiger partial charge in [-0.15, -0.1) is 0 Å². The van der Waals surface area contributed by atoms with Crippen LogP contribution in [0.1, 0.15) is 5.56 Å². The van der Waals surface area contributed by atoms with Crippen molar-refractivity contribution in [2.24, 2.45) is 0 Å². The number of anilines is 1. The lowest BCUT2D eigenvalue weighted by molar-refractivity contribution is 0.0725. The highest BCUT2D eigenvalue weighted by atomic mass is 79.9. The van der Waals surface area contributed by atoms with E-state index in [2.05, 4.69) is 20.8 Å². The molecule has 0 amide bonds. The van der Waals surface area contributed by atoms with Gasteiger partial charge in [0.1, 0.15) is 0 Å². The van der Waals surface area contributed by atoms with E-state index in [1.165, 1.54) is 0 Å². The van der Waals surface area contributed by atoms with Gasteiger partial charge < -0.3 is 19.8 Å². The first kappa shape index (κ1) is 12.8. The second-order valence-corrected chi connectivity index (χ2v) is 4.95. The van der Waals surface area contributed by atoms with Gasteiger partial charge in [0.15, 0.2) is 0 Å². The highest BCUT2D eigenvalue weighted by Crippen LogP contribution is 2.27. The van der Waals surface area contributed by atoms with E-state index < -0.39 is 0 Å². The van der Waals surface area contributed by atoms with E-state index in [4.69, 9.17) is 4.74 Å². The number of hydrogen-bond donors (Lipinski definition) is 2. The summed E-state index contributed by atoms with van der Waals surface area (Å²) in [5, 5.41) is 18.7. The van der Waals surface area contributed by atoms with Gasteiger partial charge in [-0.2, -0.15) is 0 Å². The summed E-state index contributed by atoms with van der Waals surface area (Å²) in [6, 6.07) is 5.77. The number of aliphatic hydroxyl groups is 2. The summed E-state index contributed by atoms with van der Waals surface area (Å²) in [5.74, 6) is 0. The van der Waals surface area contributed by atoms with E-state index in [1.807, 2.05) is 18.2 Å². The fourth-order valence-electron chi connectivity index (χ4n) is 2.08. The van der Waals surface area contributed by atoms with Crippen LogP contribution >= 0.6 is 15.9 Å². The largest absolute Gasteiger partial charge is 0.394 e. The van der Waals surface area contributed by atoms with Crippen molar-refractivity contribution in [2.75, 3.05) is 31.3 Å². The number of halogens is 1. The maximum atomic E-state index is 9.39. The number of nitrogens with zero attached hydrogens (tertiary/aromatic N) is 1. The van der Waals surface area contributed by atoms with E-state index >= 15 is 0 Å². The zero-order chi connectivity index (χ0) is 12.3. The summed E-state index contributed by atoms with van der Waals surface area (Å²) in [6.07, 6.45) is 0. The minimum atomic E-state index is -0.0322. The van der Waals surface area contributed by atoms with E-state index in [1.54, 1.807) is 0 Å². The molecule has 17 heavy (non-hydrogen) atoms. The molecule has 4 nitrogen and oxygen atoms in total. The summed E-state index contributed by atoms with van der Waals surface area (Å²) >= 11 is 3.39. The van der Waals surface area contributed by atoms with Gasteiger partial charge in [-0.05, 0) is 18.2 Å². The molecule has 1 aromatic carbocycles. The Morgan fingerprint density at radius 2 is 2.24 bits per heavy atom. The van der Waals surface area contributed by atoms with Crippen LogP contribution in [0.3, 0.4) is 0 Å². The number of ether oxygens (including phenoxy) is 1. The lowest BCUT2D eigenvalue weighted by Gasteiger charge is -2.37. The Balaban J connectivity index is 2.30. The minimum Gasteiger partial charge on any atom is -0.394 e. The SMILES string of the molecule is OCc1cc(Br)ccc1N1CCOCC1CO. The summed E-state index contributed by atoms with van der Waals surface area (Å²) in [5.41, 5.74) is 1.83. The first-order valence-electron chi connectivity index (χ1n) is 5.60. The van der Waals surface area contributed by atoms with Gasteiger partial charge >= 0.3 is 0 Å². The molecule has 5 heteroatoms. The molecule has 2 N–H and O–H groups in total. The number of morpholine rings is 1. The van der Waals surface area contributed by atoms with Crippen molar-refractivity contribution < 1.29 is 14.9 Å².